The van der Waals surface area contributed by atoms with Crippen LogP contribution in [0.3, 0.4) is 0 Å². The van der Waals surface area contributed by atoms with E-state index in [1.54, 1.807) is 13.1 Å². The van der Waals surface area contributed by atoms with Crippen LogP contribution in [-0.2, 0) is 16.8 Å². The number of anilines is 2. The fourth-order valence-corrected chi connectivity index (χ4v) is 4.62. The minimum atomic E-state index is -0.606. The molecule has 3 aromatic rings. The molecule has 0 atom stereocenters. The van der Waals surface area contributed by atoms with E-state index >= 15 is 0 Å². The zero-order valence-electron chi connectivity index (χ0n) is 21.6. The summed E-state index contributed by atoms with van der Waals surface area (Å²) in [6.07, 6.45) is 3.65. The standard InChI is InChI=1S/C29H34N6O/c1-5-35-24(8-7-15-31-23-11-12-28(32-19-23)29(3,4)20-30)18-25-26(9-6-10-27(25)35)33-22-13-16-34(17-14-22)21(2)36/h6,9-12,18-19,22,31,33H,5,13-17H2,1-4H3. The Labute approximate surface area is 213 Å². The maximum atomic E-state index is 11.6. The number of piperidine rings is 1. The van der Waals surface area contributed by atoms with Crippen molar-refractivity contribution in [1.29, 1.82) is 5.26 Å². The lowest BCUT2D eigenvalue weighted by Gasteiger charge is -2.32. The molecule has 2 aromatic heterocycles. The van der Waals surface area contributed by atoms with E-state index in [0.29, 0.717) is 12.6 Å². The number of fused-ring (bicyclic) bond motifs is 1. The van der Waals surface area contributed by atoms with Gasteiger partial charge in [0.25, 0.3) is 0 Å². The molecule has 2 N–H and O–H groups in total. The number of rotatable bonds is 6. The van der Waals surface area contributed by atoms with Gasteiger partial charge in [0.05, 0.1) is 46.8 Å². The van der Waals surface area contributed by atoms with Gasteiger partial charge in [-0.15, -0.1) is 0 Å². The third-order valence-corrected chi connectivity index (χ3v) is 6.84. The molecule has 0 aliphatic carbocycles. The average molecular weight is 483 g/mol. The quantitative estimate of drug-likeness (QED) is 0.496. The van der Waals surface area contributed by atoms with Crippen LogP contribution in [0.1, 0.15) is 51.9 Å². The van der Waals surface area contributed by atoms with Crippen LogP contribution in [0.4, 0.5) is 11.4 Å². The van der Waals surface area contributed by atoms with Crippen LogP contribution in [0.15, 0.2) is 42.6 Å². The maximum Gasteiger partial charge on any atom is 0.219 e. The second-order valence-electron chi connectivity index (χ2n) is 9.76. The molecule has 3 heterocycles. The summed E-state index contributed by atoms with van der Waals surface area (Å²) in [6, 6.07) is 15.0. The van der Waals surface area contributed by atoms with Gasteiger partial charge in [0, 0.05) is 43.7 Å². The topological polar surface area (TPSA) is 86.0 Å². The highest BCUT2D eigenvalue weighted by Gasteiger charge is 2.22. The lowest BCUT2D eigenvalue weighted by molar-refractivity contribution is -0.129. The average Bonchev–Trinajstić information content (AvgIpc) is 3.25. The van der Waals surface area contributed by atoms with Crippen molar-refractivity contribution in [2.75, 3.05) is 30.3 Å². The van der Waals surface area contributed by atoms with Gasteiger partial charge >= 0.3 is 0 Å². The molecule has 0 bridgehead atoms. The van der Waals surface area contributed by atoms with Crippen LogP contribution in [-0.4, -0.2) is 46.0 Å². The number of pyridine rings is 1. The largest absolute Gasteiger partial charge is 0.382 e. The van der Waals surface area contributed by atoms with E-state index in [-0.39, 0.29) is 5.91 Å². The van der Waals surface area contributed by atoms with Crippen molar-refractivity contribution in [2.45, 2.75) is 58.5 Å². The molecule has 1 fully saturated rings. The normalized spacial score (nSPS) is 14.1. The summed E-state index contributed by atoms with van der Waals surface area (Å²) in [7, 11) is 0. The van der Waals surface area contributed by atoms with E-state index in [9.17, 15) is 10.1 Å². The molecule has 1 aromatic carbocycles. The monoisotopic (exact) mass is 482 g/mol. The van der Waals surface area contributed by atoms with Gasteiger partial charge in [-0.3, -0.25) is 9.78 Å². The van der Waals surface area contributed by atoms with E-state index < -0.39 is 5.41 Å². The van der Waals surface area contributed by atoms with Crippen molar-refractivity contribution in [3.05, 3.63) is 54.0 Å². The number of aromatic nitrogens is 2. The first kappa shape index (κ1) is 25.1. The van der Waals surface area contributed by atoms with Gasteiger partial charge in [-0.1, -0.05) is 12.0 Å². The second kappa shape index (κ2) is 10.7. The lowest BCUT2D eigenvalue weighted by Crippen LogP contribution is -2.41. The predicted molar refractivity (Wildman–Crippen MR) is 145 cm³/mol. The van der Waals surface area contributed by atoms with E-state index in [4.69, 9.17) is 0 Å². The first-order valence-corrected chi connectivity index (χ1v) is 12.6. The molecular weight excluding hydrogens is 448 g/mol. The van der Waals surface area contributed by atoms with Gasteiger partial charge in [0.15, 0.2) is 0 Å². The molecular formula is C29H34N6O. The number of nitriles is 1. The Hall–Kier alpha value is -3.97. The van der Waals surface area contributed by atoms with Crippen LogP contribution in [0, 0.1) is 23.2 Å². The first-order chi connectivity index (χ1) is 17.3. The van der Waals surface area contributed by atoms with Crippen LogP contribution in [0.5, 0.6) is 0 Å². The van der Waals surface area contributed by atoms with Gasteiger partial charge in [0.1, 0.15) is 0 Å². The maximum absolute atomic E-state index is 11.6. The Morgan fingerprint density at radius 1 is 1.22 bits per heavy atom. The Kier molecular flexibility index (Phi) is 7.50. The molecule has 4 rings (SSSR count). The number of carbonyl (C=O) groups excluding carboxylic acids is 1. The Morgan fingerprint density at radius 2 is 2.00 bits per heavy atom. The van der Waals surface area contributed by atoms with Crippen molar-refractivity contribution in [2.24, 2.45) is 0 Å². The number of hydrogen-bond donors (Lipinski definition) is 2. The smallest absolute Gasteiger partial charge is 0.219 e. The molecule has 1 aliphatic rings. The number of nitrogens with one attached hydrogen (secondary N) is 2. The lowest BCUT2D eigenvalue weighted by atomic mass is 9.91. The van der Waals surface area contributed by atoms with Crippen molar-refractivity contribution in [3.63, 3.8) is 0 Å². The van der Waals surface area contributed by atoms with E-state index in [1.165, 1.54) is 10.9 Å². The summed E-state index contributed by atoms with van der Waals surface area (Å²) in [5.41, 5.74) is 4.29. The van der Waals surface area contributed by atoms with Crippen LogP contribution in [0.2, 0.25) is 0 Å². The van der Waals surface area contributed by atoms with Crippen molar-refractivity contribution < 1.29 is 4.79 Å². The van der Waals surface area contributed by atoms with Crippen molar-refractivity contribution in [3.8, 4) is 17.9 Å². The Morgan fingerprint density at radius 3 is 2.64 bits per heavy atom. The number of likely N-dealkylation sites (tertiary alicyclic amines) is 1. The molecule has 1 aliphatic heterocycles. The van der Waals surface area contributed by atoms with Crippen LogP contribution < -0.4 is 10.6 Å². The van der Waals surface area contributed by atoms with Gasteiger partial charge in [-0.25, -0.2) is 0 Å². The van der Waals surface area contributed by atoms with E-state index in [1.807, 2.05) is 30.9 Å². The highest BCUT2D eigenvalue weighted by atomic mass is 16.2. The van der Waals surface area contributed by atoms with Gasteiger partial charge in [-0.2, -0.15) is 5.26 Å². The number of carbonyl (C=O) groups is 1. The van der Waals surface area contributed by atoms with Gasteiger partial charge in [0.2, 0.25) is 5.91 Å². The molecule has 7 nitrogen and oxygen atoms in total. The Balaban J connectivity index is 1.45. The predicted octanol–water partition coefficient (Wildman–Crippen LogP) is 4.74. The Bertz CT molecular complexity index is 1330. The van der Waals surface area contributed by atoms with Crippen LogP contribution in [0.25, 0.3) is 10.9 Å². The molecule has 1 saturated heterocycles. The van der Waals surface area contributed by atoms with Crippen molar-refractivity contribution in [1.82, 2.24) is 14.5 Å². The number of nitrogens with zero attached hydrogens (tertiary/aromatic N) is 4. The summed E-state index contributed by atoms with van der Waals surface area (Å²) >= 11 is 0. The molecule has 0 spiro atoms. The van der Waals surface area contributed by atoms with Crippen molar-refractivity contribution >= 4 is 28.2 Å². The summed E-state index contributed by atoms with van der Waals surface area (Å²) in [4.78, 5) is 18.0. The first-order valence-electron chi connectivity index (χ1n) is 12.6. The third-order valence-electron chi connectivity index (χ3n) is 6.84. The zero-order chi connectivity index (χ0) is 25.7. The summed E-state index contributed by atoms with van der Waals surface area (Å²) in [6.45, 7) is 10.4. The fraction of sp³-hybridized carbons (Fsp3) is 0.414. The molecule has 36 heavy (non-hydrogen) atoms. The van der Waals surface area contributed by atoms with Crippen LogP contribution >= 0.6 is 0 Å². The third kappa shape index (κ3) is 5.47. The molecule has 186 valence electrons. The summed E-state index contributed by atoms with van der Waals surface area (Å²) in [5.74, 6) is 6.73. The molecule has 0 unspecified atom stereocenters. The van der Waals surface area contributed by atoms with Gasteiger partial charge < -0.3 is 20.1 Å². The van der Waals surface area contributed by atoms with Gasteiger partial charge in [-0.05, 0) is 69.9 Å². The number of benzene rings is 1. The number of aryl methyl sites for hydroxylation is 1. The number of amides is 1. The fourth-order valence-electron chi connectivity index (χ4n) is 4.62. The summed E-state index contributed by atoms with van der Waals surface area (Å²) in [5, 5.41) is 17.5. The highest BCUT2D eigenvalue weighted by Crippen LogP contribution is 2.29. The van der Waals surface area contributed by atoms with E-state index in [0.717, 1.165) is 55.2 Å². The SMILES string of the molecule is CCn1c(C#CCNc2ccc(C(C)(C)C#N)nc2)cc2c(NC3CCN(C(C)=O)CC3)cccc21. The second-order valence-corrected chi connectivity index (χ2v) is 9.76. The zero-order valence-corrected chi connectivity index (χ0v) is 21.6. The molecule has 1 amide bonds. The van der Waals surface area contributed by atoms with E-state index in [2.05, 4.69) is 69.3 Å². The highest BCUT2D eigenvalue weighted by molar-refractivity contribution is 5.94. The minimum Gasteiger partial charge on any atom is -0.382 e. The molecule has 0 radical (unpaired) electrons. The molecule has 0 saturated carbocycles. The number of hydrogen-bond acceptors (Lipinski definition) is 5. The minimum absolute atomic E-state index is 0.157. The summed E-state index contributed by atoms with van der Waals surface area (Å²) < 4.78 is 2.24. The molecule has 7 heteroatoms.